The van der Waals surface area contributed by atoms with Crippen LogP contribution in [0.4, 0.5) is 0 Å². The monoisotopic (exact) mass is 218 g/mol. The molecule has 0 saturated heterocycles. The summed E-state index contributed by atoms with van der Waals surface area (Å²) in [6, 6.07) is 0. The lowest BCUT2D eigenvalue weighted by Gasteiger charge is -2.20. The Bertz CT molecular complexity index is 352. The van der Waals surface area contributed by atoms with E-state index in [9.17, 15) is 4.79 Å². The molecule has 0 amide bonds. The third kappa shape index (κ3) is 2.11. The second-order valence-electron chi connectivity index (χ2n) is 4.63. The van der Waals surface area contributed by atoms with E-state index in [-0.39, 0.29) is 17.8 Å². The summed E-state index contributed by atoms with van der Waals surface area (Å²) < 4.78 is 4.87. The molecule has 0 unspecified atom stereocenters. The molecule has 0 aromatic rings. The third-order valence-electron chi connectivity index (χ3n) is 3.60. The maximum absolute atomic E-state index is 11.7. The Labute approximate surface area is 96.7 Å². The zero-order chi connectivity index (χ0) is 11.5. The van der Waals surface area contributed by atoms with E-state index in [1.807, 2.05) is 12.2 Å². The number of hydrogen-bond acceptors (Lipinski definition) is 2. The molecule has 16 heavy (non-hydrogen) atoms. The third-order valence-corrected chi connectivity index (χ3v) is 3.60. The minimum Gasteiger partial charge on any atom is -0.469 e. The van der Waals surface area contributed by atoms with Crippen LogP contribution in [0.25, 0.3) is 0 Å². The Hall–Kier alpha value is -1.31. The smallest absolute Gasteiger partial charge is 0.313 e. The van der Waals surface area contributed by atoms with Crippen LogP contribution in [-0.2, 0) is 9.53 Å². The van der Waals surface area contributed by atoms with Gasteiger partial charge < -0.3 is 4.74 Å². The van der Waals surface area contributed by atoms with Crippen LogP contribution in [0.2, 0.25) is 0 Å². The van der Waals surface area contributed by atoms with Gasteiger partial charge in [-0.2, -0.15) is 0 Å². The van der Waals surface area contributed by atoms with Crippen molar-refractivity contribution in [2.75, 3.05) is 7.11 Å². The Kier molecular flexibility index (Phi) is 3.28. The molecule has 2 aliphatic rings. The first-order chi connectivity index (χ1) is 7.72. The van der Waals surface area contributed by atoms with Gasteiger partial charge in [-0.15, -0.1) is 0 Å². The van der Waals surface area contributed by atoms with E-state index in [1.165, 1.54) is 7.11 Å². The average molecular weight is 218 g/mol. The van der Waals surface area contributed by atoms with Gasteiger partial charge in [0, 0.05) is 0 Å². The first-order valence-corrected chi connectivity index (χ1v) is 5.83. The van der Waals surface area contributed by atoms with Crippen LogP contribution < -0.4 is 0 Å². The Morgan fingerprint density at radius 1 is 1.12 bits per heavy atom. The number of carbonyl (C=O) groups is 1. The van der Waals surface area contributed by atoms with Crippen LogP contribution in [0.15, 0.2) is 36.5 Å². The Balaban J connectivity index is 2.28. The van der Waals surface area contributed by atoms with Crippen LogP contribution in [-0.4, -0.2) is 13.1 Å². The number of ether oxygens (including phenoxy) is 1. The lowest BCUT2D eigenvalue weighted by atomic mass is 9.84. The van der Waals surface area contributed by atoms with Crippen LogP contribution in [0.5, 0.6) is 0 Å². The topological polar surface area (TPSA) is 26.3 Å². The highest BCUT2D eigenvalue weighted by Gasteiger charge is 2.31. The van der Waals surface area contributed by atoms with Crippen molar-refractivity contribution in [2.24, 2.45) is 23.7 Å². The van der Waals surface area contributed by atoms with Crippen molar-refractivity contribution in [3.63, 3.8) is 0 Å². The maximum Gasteiger partial charge on any atom is 0.313 e. The summed E-state index contributed by atoms with van der Waals surface area (Å²) >= 11 is 0. The number of methoxy groups -OCH3 is 1. The summed E-state index contributed by atoms with van der Waals surface area (Å²) in [5.41, 5.74) is 0. The van der Waals surface area contributed by atoms with Gasteiger partial charge in [-0.25, -0.2) is 0 Å². The molecule has 2 bridgehead atoms. The highest BCUT2D eigenvalue weighted by Crippen LogP contribution is 2.35. The first kappa shape index (κ1) is 11.2. The number of carbonyl (C=O) groups excluding carboxylic acids is 1. The molecule has 0 aliphatic heterocycles. The molecule has 0 fully saturated rings. The van der Waals surface area contributed by atoms with Gasteiger partial charge in [-0.1, -0.05) is 43.4 Å². The molecule has 2 nitrogen and oxygen atoms in total. The largest absolute Gasteiger partial charge is 0.469 e. The quantitative estimate of drug-likeness (QED) is 0.499. The highest BCUT2D eigenvalue weighted by atomic mass is 16.5. The fraction of sp³-hybridized carbons (Fsp3) is 0.500. The second-order valence-corrected chi connectivity index (χ2v) is 4.63. The maximum atomic E-state index is 11.7. The van der Waals surface area contributed by atoms with Crippen molar-refractivity contribution in [2.45, 2.75) is 13.3 Å². The summed E-state index contributed by atoms with van der Waals surface area (Å²) in [7, 11) is 1.46. The fourth-order valence-corrected chi connectivity index (χ4v) is 2.51. The summed E-state index contributed by atoms with van der Waals surface area (Å²) in [5.74, 6) is 1.06. The Morgan fingerprint density at radius 2 is 1.81 bits per heavy atom. The fourth-order valence-electron chi connectivity index (χ4n) is 2.51. The number of esters is 1. The minimum atomic E-state index is -0.124. The molecular formula is C14H18O2. The molecular weight excluding hydrogens is 200 g/mol. The van der Waals surface area contributed by atoms with E-state index in [2.05, 4.69) is 31.2 Å². The minimum absolute atomic E-state index is 0.117. The number of allylic oxidation sites excluding steroid dienone is 5. The lowest BCUT2D eigenvalue weighted by molar-refractivity contribution is -0.144. The first-order valence-electron chi connectivity index (χ1n) is 5.83. The molecule has 0 N–H and O–H groups in total. The molecule has 2 aliphatic carbocycles. The van der Waals surface area contributed by atoms with Gasteiger partial charge in [0.2, 0.25) is 0 Å². The van der Waals surface area contributed by atoms with E-state index in [0.29, 0.717) is 11.8 Å². The molecule has 0 heterocycles. The van der Waals surface area contributed by atoms with Crippen molar-refractivity contribution < 1.29 is 9.53 Å². The molecule has 0 spiro atoms. The van der Waals surface area contributed by atoms with E-state index in [4.69, 9.17) is 4.74 Å². The number of hydrogen-bond donors (Lipinski definition) is 0. The molecule has 2 rings (SSSR count). The molecule has 0 radical (unpaired) electrons. The van der Waals surface area contributed by atoms with Crippen LogP contribution in [0.1, 0.15) is 13.3 Å². The molecule has 86 valence electrons. The summed E-state index contributed by atoms with van der Waals surface area (Å²) in [5, 5.41) is 0. The van der Waals surface area contributed by atoms with Gasteiger partial charge in [0.05, 0.1) is 13.0 Å². The predicted octanol–water partition coefficient (Wildman–Crippen LogP) is 2.73. The molecule has 2 heteroatoms. The lowest BCUT2D eigenvalue weighted by Crippen LogP contribution is -2.22. The standard InChI is InChI=1S/C14H18O2/c1-10-7-8-13(14(15)16-2)12-6-4-3-5-11(10)9-12/h3-8,10-13H,9H2,1-2H3/t10-,11+,12-,13+/m1/s1. The number of fused-ring (bicyclic) bond motifs is 2. The van der Waals surface area contributed by atoms with Crippen molar-refractivity contribution in [3.8, 4) is 0 Å². The average Bonchev–Trinajstić information content (AvgIpc) is 2.62. The molecule has 0 saturated carbocycles. The zero-order valence-electron chi connectivity index (χ0n) is 9.80. The van der Waals surface area contributed by atoms with Crippen molar-refractivity contribution in [3.05, 3.63) is 36.5 Å². The predicted molar refractivity (Wildman–Crippen MR) is 63.7 cm³/mol. The highest BCUT2D eigenvalue weighted by molar-refractivity contribution is 5.75. The van der Waals surface area contributed by atoms with Crippen molar-refractivity contribution >= 4 is 5.97 Å². The van der Waals surface area contributed by atoms with E-state index in [0.717, 1.165) is 6.42 Å². The molecule has 0 aromatic carbocycles. The summed E-state index contributed by atoms with van der Waals surface area (Å²) in [6.07, 6.45) is 13.7. The molecule has 4 atom stereocenters. The summed E-state index contributed by atoms with van der Waals surface area (Å²) in [6.45, 7) is 2.20. The normalized spacial score (nSPS) is 36.6. The summed E-state index contributed by atoms with van der Waals surface area (Å²) in [4.78, 5) is 11.7. The second kappa shape index (κ2) is 4.69. The SMILES string of the molecule is COC(=O)[C@H]1C=C[C@@H](C)[C@H]2C=CC=C[C@@H]1C2. The van der Waals surface area contributed by atoms with Crippen LogP contribution >= 0.6 is 0 Å². The van der Waals surface area contributed by atoms with E-state index in [1.54, 1.807) is 0 Å². The van der Waals surface area contributed by atoms with Crippen molar-refractivity contribution in [1.29, 1.82) is 0 Å². The van der Waals surface area contributed by atoms with Gasteiger partial charge in [0.1, 0.15) is 0 Å². The van der Waals surface area contributed by atoms with Crippen LogP contribution in [0, 0.1) is 23.7 Å². The van der Waals surface area contributed by atoms with E-state index < -0.39 is 0 Å². The van der Waals surface area contributed by atoms with Crippen LogP contribution in [0.3, 0.4) is 0 Å². The zero-order valence-corrected chi connectivity index (χ0v) is 9.80. The van der Waals surface area contributed by atoms with Gasteiger partial charge >= 0.3 is 5.97 Å². The van der Waals surface area contributed by atoms with E-state index >= 15 is 0 Å². The van der Waals surface area contributed by atoms with Gasteiger partial charge in [-0.05, 0) is 24.2 Å². The van der Waals surface area contributed by atoms with Gasteiger partial charge in [0.15, 0.2) is 0 Å². The van der Waals surface area contributed by atoms with Crippen molar-refractivity contribution in [1.82, 2.24) is 0 Å². The van der Waals surface area contributed by atoms with Gasteiger partial charge in [-0.3, -0.25) is 4.79 Å². The Morgan fingerprint density at radius 3 is 2.50 bits per heavy atom. The van der Waals surface area contributed by atoms with Gasteiger partial charge in [0.25, 0.3) is 0 Å². The number of rotatable bonds is 1. The molecule has 0 aromatic heterocycles.